The van der Waals surface area contributed by atoms with E-state index in [-0.39, 0.29) is 28.6 Å². The van der Waals surface area contributed by atoms with Crippen LogP contribution in [0.15, 0.2) is 34.4 Å². The molecule has 170 valence electrons. The van der Waals surface area contributed by atoms with Crippen molar-refractivity contribution in [2.45, 2.75) is 65.8 Å². The van der Waals surface area contributed by atoms with Crippen molar-refractivity contribution >= 4 is 11.8 Å². The summed E-state index contributed by atoms with van der Waals surface area (Å²) in [5, 5.41) is 33.3. The molecule has 6 heteroatoms. The molecule has 0 aliphatic heterocycles. The highest BCUT2D eigenvalue weighted by Crippen LogP contribution is 2.68. The van der Waals surface area contributed by atoms with Crippen LogP contribution in [-0.4, -0.2) is 51.5 Å². The molecule has 0 heterocycles. The van der Waals surface area contributed by atoms with Crippen LogP contribution < -0.4 is 0 Å². The number of Topliss-reactive ketones (excluding diaryl/α,β-unsaturated/α-hetero) is 1. The molecule has 31 heavy (non-hydrogen) atoms. The van der Waals surface area contributed by atoms with Crippen molar-refractivity contribution in [1.29, 1.82) is 0 Å². The summed E-state index contributed by atoms with van der Waals surface area (Å²) in [6.45, 7) is 11.0. The number of hydrogen-bond donors (Lipinski definition) is 3. The number of carbonyl (C=O) groups is 2. The van der Waals surface area contributed by atoms with Crippen molar-refractivity contribution in [3.8, 4) is 0 Å². The zero-order valence-corrected chi connectivity index (χ0v) is 19.2. The number of allylic oxidation sites excluding steroid dienone is 2. The fourth-order valence-electron chi connectivity index (χ4n) is 6.75. The average molecular weight is 431 g/mol. The lowest BCUT2D eigenvalue weighted by Crippen LogP contribution is -2.58. The lowest BCUT2D eigenvalue weighted by molar-refractivity contribution is -0.177. The molecule has 0 radical (unpaired) electrons. The molecule has 0 aromatic heterocycles. The number of fused-ring (bicyclic) bond motifs is 3. The Morgan fingerprint density at radius 2 is 2.00 bits per heavy atom. The standard InChI is InChI=1S/C25H34O6/c1-7-11(2)23(29)31-22-13(4)17-12(3)8-16-18(24(16,5)6)15-9-14(10-26)21(28)25(22,30)19(17)20(15)27/h7,9,12,15-16,18-19,21-22,26,28,30H,8,10H2,1-6H3/b11-7+/t12-,15+,16?,18+,19?,21-,22+,25+/m1/s1. The van der Waals surface area contributed by atoms with Crippen LogP contribution in [0, 0.1) is 35.0 Å². The first-order valence-corrected chi connectivity index (χ1v) is 11.2. The Morgan fingerprint density at radius 1 is 1.35 bits per heavy atom. The maximum Gasteiger partial charge on any atom is 0.334 e. The van der Waals surface area contributed by atoms with E-state index in [0.717, 1.165) is 12.0 Å². The third kappa shape index (κ3) is 2.87. The van der Waals surface area contributed by atoms with Gasteiger partial charge in [0.1, 0.15) is 17.5 Å². The highest BCUT2D eigenvalue weighted by molar-refractivity contribution is 5.93. The summed E-state index contributed by atoms with van der Waals surface area (Å²) < 4.78 is 5.74. The minimum atomic E-state index is -2.04. The first-order chi connectivity index (χ1) is 14.4. The maximum absolute atomic E-state index is 13.9. The Morgan fingerprint density at radius 3 is 2.58 bits per heavy atom. The van der Waals surface area contributed by atoms with Gasteiger partial charge >= 0.3 is 5.97 Å². The van der Waals surface area contributed by atoms with E-state index in [1.165, 1.54) is 0 Å². The van der Waals surface area contributed by atoms with Crippen LogP contribution in [0.4, 0.5) is 0 Å². The lowest BCUT2D eigenvalue weighted by Gasteiger charge is -2.39. The third-order valence-corrected chi connectivity index (χ3v) is 8.66. The molecule has 4 rings (SSSR count). The minimum absolute atomic E-state index is 0.00472. The molecule has 2 fully saturated rings. The molecule has 0 aromatic carbocycles. The van der Waals surface area contributed by atoms with Gasteiger partial charge in [0, 0.05) is 11.5 Å². The van der Waals surface area contributed by atoms with Gasteiger partial charge in [0.2, 0.25) is 0 Å². The fraction of sp³-hybridized carbons (Fsp3) is 0.680. The lowest BCUT2D eigenvalue weighted by atomic mass is 9.71. The van der Waals surface area contributed by atoms with Crippen molar-refractivity contribution in [3.63, 3.8) is 0 Å². The molecule has 0 aromatic rings. The quantitative estimate of drug-likeness (QED) is 0.361. The van der Waals surface area contributed by atoms with Crippen LogP contribution in [0.5, 0.6) is 0 Å². The van der Waals surface area contributed by atoms with Crippen molar-refractivity contribution in [3.05, 3.63) is 34.4 Å². The topological polar surface area (TPSA) is 104 Å². The number of aliphatic hydroxyl groups excluding tert-OH is 2. The van der Waals surface area contributed by atoms with E-state index >= 15 is 0 Å². The molecule has 0 amide bonds. The number of ketones is 1. The number of esters is 1. The predicted octanol–water partition coefficient (Wildman–Crippen LogP) is 2.33. The Hall–Kier alpha value is -1.76. The summed E-state index contributed by atoms with van der Waals surface area (Å²) in [6.07, 6.45) is 1.49. The summed E-state index contributed by atoms with van der Waals surface area (Å²) >= 11 is 0. The van der Waals surface area contributed by atoms with E-state index in [9.17, 15) is 24.9 Å². The van der Waals surface area contributed by atoms with Crippen LogP contribution in [0.2, 0.25) is 0 Å². The number of rotatable bonds is 3. The van der Waals surface area contributed by atoms with Gasteiger partial charge in [-0.3, -0.25) is 4.79 Å². The smallest absolute Gasteiger partial charge is 0.334 e. The number of carbonyl (C=O) groups excluding carboxylic acids is 2. The Kier molecular flexibility index (Phi) is 5.15. The van der Waals surface area contributed by atoms with Crippen LogP contribution in [-0.2, 0) is 14.3 Å². The Bertz CT molecular complexity index is 924. The SMILES string of the molecule is C/C=C(\C)C(=O)O[C@H]1C(C)=C2C3C(=O)[C@@H](C=C(CO)[C@@H](O)[C@@]31O)[C@H]1C(C[C@H]2C)C1(C)C. The maximum atomic E-state index is 13.9. The monoisotopic (exact) mass is 430 g/mol. The van der Waals surface area contributed by atoms with Gasteiger partial charge in [-0.1, -0.05) is 38.5 Å². The van der Waals surface area contributed by atoms with Crippen LogP contribution in [0.3, 0.4) is 0 Å². The number of hydrogen-bond acceptors (Lipinski definition) is 6. The molecular formula is C25H34O6. The molecule has 2 unspecified atom stereocenters. The Labute approximate surface area is 183 Å². The van der Waals surface area contributed by atoms with Crippen molar-refractivity contribution in [2.24, 2.45) is 35.0 Å². The normalized spacial score (nSPS) is 43.5. The zero-order chi connectivity index (χ0) is 23.0. The molecule has 3 N–H and O–H groups in total. The molecule has 4 aliphatic carbocycles. The zero-order valence-electron chi connectivity index (χ0n) is 19.2. The molecule has 2 bridgehead atoms. The van der Waals surface area contributed by atoms with Gasteiger partial charge in [0.15, 0.2) is 6.10 Å². The fourth-order valence-corrected chi connectivity index (χ4v) is 6.75. The van der Waals surface area contributed by atoms with Gasteiger partial charge in [0.05, 0.1) is 12.5 Å². The predicted molar refractivity (Wildman–Crippen MR) is 115 cm³/mol. The van der Waals surface area contributed by atoms with E-state index in [1.54, 1.807) is 32.9 Å². The summed E-state index contributed by atoms with van der Waals surface area (Å²) in [5.41, 5.74) is -0.0463. The third-order valence-electron chi connectivity index (χ3n) is 8.66. The van der Waals surface area contributed by atoms with Crippen molar-refractivity contribution in [1.82, 2.24) is 0 Å². The highest BCUT2D eigenvalue weighted by Gasteiger charge is 2.70. The van der Waals surface area contributed by atoms with Gasteiger partial charge in [-0.25, -0.2) is 4.79 Å². The molecule has 0 spiro atoms. The van der Waals surface area contributed by atoms with Gasteiger partial charge in [0.25, 0.3) is 0 Å². The second-order valence-corrected chi connectivity index (χ2v) is 10.5. The molecule has 8 atom stereocenters. The number of ether oxygens (including phenoxy) is 1. The molecule has 2 saturated carbocycles. The molecule has 4 aliphatic rings. The average Bonchev–Trinajstić information content (AvgIpc) is 3.18. The van der Waals surface area contributed by atoms with E-state index in [4.69, 9.17) is 4.74 Å². The van der Waals surface area contributed by atoms with Gasteiger partial charge in [-0.05, 0) is 61.5 Å². The van der Waals surface area contributed by atoms with Gasteiger partial charge in [-0.15, -0.1) is 0 Å². The van der Waals surface area contributed by atoms with Gasteiger partial charge in [-0.2, -0.15) is 0 Å². The molecule has 0 saturated heterocycles. The summed E-state index contributed by atoms with van der Waals surface area (Å²) in [7, 11) is 0. The van der Waals surface area contributed by atoms with E-state index in [2.05, 4.69) is 20.8 Å². The van der Waals surface area contributed by atoms with Crippen LogP contribution in [0.25, 0.3) is 0 Å². The van der Waals surface area contributed by atoms with E-state index in [1.807, 2.05) is 0 Å². The van der Waals surface area contributed by atoms with Crippen molar-refractivity contribution in [2.75, 3.05) is 6.61 Å². The van der Waals surface area contributed by atoms with Gasteiger partial charge < -0.3 is 20.1 Å². The Balaban J connectivity index is 1.91. The summed E-state index contributed by atoms with van der Waals surface area (Å²) in [4.78, 5) is 26.6. The molecular weight excluding hydrogens is 396 g/mol. The van der Waals surface area contributed by atoms with Crippen molar-refractivity contribution < 1.29 is 29.6 Å². The largest absolute Gasteiger partial charge is 0.451 e. The van der Waals surface area contributed by atoms with E-state index in [0.29, 0.717) is 17.1 Å². The van der Waals surface area contributed by atoms with Crippen LogP contribution >= 0.6 is 0 Å². The highest BCUT2D eigenvalue weighted by atomic mass is 16.6. The van der Waals surface area contributed by atoms with Crippen LogP contribution in [0.1, 0.15) is 48.0 Å². The first-order valence-electron chi connectivity index (χ1n) is 11.2. The minimum Gasteiger partial charge on any atom is -0.451 e. The second-order valence-electron chi connectivity index (χ2n) is 10.5. The second kappa shape index (κ2) is 7.12. The molecule has 6 nitrogen and oxygen atoms in total. The van der Waals surface area contributed by atoms with E-state index < -0.39 is 42.2 Å². The summed E-state index contributed by atoms with van der Waals surface area (Å²) in [5.74, 6) is -1.75. The summed E-state index contributed by atoms with van der Waals surface area (Å²) in [6, 6.07) is 0. The first kappa shape index (κ1) is 22.4. The number of aliphatic hydroxyl groups is 3.